The summed E-state index contributed by atoms with van der Waals surface area (Å²) in [6.45, 7) is 2.64. The van der Waals surface area contributed by atoms with Gasteiger partial charge in [0.2, 0.25) is 0 Å². The molecule has 1 amide bonds. The topological polar surface area (TPSA) is 86.4 Å². The lowest BCUT2D eigenvalue weighted by molar-refractivity contribution is -0.129. The van der Waals surface area contributed by atoms with Gasteiger partial charge in [0.15, 0.2) is 5.76 Å². The first-order valence-electron chi connectivity index (χ1n) is 7.21. The van der Waals surface area contributed by atoms with Crippen LogP contribution in [0.2, 0.25) is 0 Å². The molecule has 0 saturated carbocycles. The van der Waals surface area contributed by atoms with Crippen molar-refractivity contribution in [1.82, 2.24) is 14.1 Å². The highest BCUT2D eigenvalue weighted by atomic mass is 32.2. The highest BCUT2D eigenvalue weighted by Crippen LogP contribution is 2.21. The summed E-state index contributed by atoms with van der Waals surface area (Å²) in [6.07, 6.45) is 2.89. The second-order valence-electron chi connectivity index (χ2n) is 5.52. The molecule has 0 N–H and O–H groups in total. The van der Waals surface area contributed by atoms with Gasteiger partial charge in [-0.05, 0) is 25.3 Å². The maximum Gasteiger partial charge on any atom is 0.345 e. The number of rotatable bonds is 2. The molecule has 1 aromatic heterocycles. The third-order valence-corrected chi connectivity index (χ3v) is 5.27. The number of likely N-dealkylation sites (N-methyl/N-ethyl adjacent to an activating group) is 2. The van der Waals surface area contributed by atoms with Gasteiger partial charge in [-0.3, -0.25) is 4.79 Å². The summed E-state index contributed by atoms with van der Waals surface area (Å²) >= 11 is 0. The normalized spacial score (nSPS) is 21.8. The Hall–Kier alpha value is -2.13. The van der Waals surface area contributed by atoms with E-state index in [9.17, 15) is 13.2 Å². The molecule has 0 unspecified atom stereocenters. The first kappa shape index (κ1) is 15.8. The molecule has 0 aliphatic carbocycles. The number of piperazine rings is 1. The predicted molar refractivity (Wildman–Crippen MR) is 84.1 cm³/mol. The van der Waals surface area contributed by atoms with Crippen LogP contribution in [0.15, 0.2) is 39.0 Å². The quantitative estimate of drug-likeness (QED) is 0.753. The number of carbonyl (C=O) groups excluding carboxylic acids is 1. The van der Waals surface area contributed by atoms with Crippen molar-refractivity contribution in [2.24, 2.45) is 4.40 Å². The zero-order chi connectivity index (χ0) is 16.6. The fourth-order valence-electron chi connectivity index (χ4n) is 2.46. The Bertz CT molecular complexity index is 759. The van der Waals surface area contributed by atoms with Crippen LogP contribution in [0, 0.1) is 0 Å². The zero-order valence-electron chi connectivity index (χ0n) is 13.0. The molecule has 124 valence electrons. The lowest BCUT2D eigenvalue weighted by Crippen LogP contribution is -2.49. The third-order valence-electron chi connectivity index (χ3n) is 3.96. The molecule has 3 rings (SSSR count). The summed E-state index contributed by atoms with van der Waals surface area (Å²) in [5.41, 5.74) is 0.210. The highest BCUT2D eigenvalue weighted by Gasteiger charge is 2.33. The van der Waals surface area contributed by atoms with Gasteiger partial charge >= 0.3 is 10.2 Å². The van der Waals surface area contributed by atoms with Crippen molar-refractivity contribution in [3.63, 3.8) is 0 Å². The monoisotopic (exact) mass is 338 g/mol. The smallest absolute Gasteiger partial charge is 0.345 e. The van der Waals surface area contributed by atoms with E-state index in [1.807, 2.05) is 7.05 Å². The van der Waals surface area contributed by atoms with Gasteiger partial charge in [-0.15, -0.1) is 4.40 Å². The average Bonchev–Trinajstić information content (AvgIpc) is 3.04. The van der Waals surface area contributed by atoms with Gasteiger partial charge in [0, 0.05) is 33.2 Å². The fourth-order valence-corrected chi connectivity index (χ4v) is 3.36. The zero-order valence-corrected chi connectivity index (χ0v) is 13.8. The van der Waals surface area contributed by atoms with Crippen molar-refractivity contribution < 1.29 is 17.6 Å². The summed E-state index contributed by atoms with van der Waals surface area (Å²) in [4.78, 5) is 16.5. The Labute approximate surface area is 134 Å². The van der Waals surface area contributed by atoms with E-state index in [1.54, 1.807) is 17.0 Å². The molecule has 23 heavy (non-hydrogen) atoms. The van der Waals surface area contributed by atoms with Crippen molar-refractivity contribution in [1.29, 1.82) is 0 Å². The van der Waals surface area contributed by atoms with E-state index >= 15 is 0 Å². The molecule has 2 aliphatic rings. The highest BCUT2D eigenvalue weighted by molar-refractivity contribution is 7.88. The molecule has 0 bridgehead atoms. The standard InChI is InChI=1S/C14H18N4O4S/c1-16-5-7-18(8-6-16)14(19)12-10-11(13-4-3-9-22-13)15-23(20,21)17(12)2/h3-4,9-10H,5-8H2,1-2H3. The maximum absolute atomic E-state index is 12.7. The molecule has 3 heterocycles. The molecule has 0 aromatic carbocycles. The van der Waals surface area contributed by atoms with Crippen molar-refractivity contribution in [3.8, 4) is 0 Å². The molecule has 8 nitrogen and oxygen atoms in total. The van der Waals surface area contributed by atoms with Crippen LogP contribution in [0.3, 0.4) is 0 Å². The van der Waals surface area contributed by atoms with Crippen LogP contribution in [0.4, 0.5) is 0 Å². The molecule has 2 aliphatic heterocycles. The van der Waals surface area contributed by atoms with E-state index in [2.05, 4.69) is 9.30 Å². The van der Waals surface area contributed by atoms with E-state index in [4.69, 9.17) is 4.42 Å². The van der Waals surface area contributed by atoms with Crippen LogP contribution in [0.5, 0.6) is 0 Å². The van der Waals surface area contributed by atoms with Crippen LogP contribution in [0.1, 0.15) is 5.76 Å². The first-order valence-corrected chi connectivity index (χ1v) is 8.60. The van der Waals surface area contributed by atoms with Gasteiger partial charge in [0.05, 0.1) is 6.26 Å². The summed E-state index contributed by atoms with van der Waals surface area (Å²) < 4.78 is 34.2. The minimum absolute atomic E-state index is 0.0796. The average molecular weight is 338 g/mol. The SMILES string of the molecule is CN1CCN(C(=O)C2=CC(c3ccco3)=NS(=O)(=O)N2C)CC1. The lowest BCUT2D eigenvalue weighted by atomic mass is 10.2. The van der Waals surface area contributed by atoms with E-state index in [0.717, 1.165) is 17.4 Å². The van der Waals surface area contributed by atoms with Crippen LogP contribution in [-0.2, 0) is 15.0 Å². The molecule has 1 aromatic rings. The Morgan fingerprint density at radius 1 is 1.22 bits per heavy atom. The number of hydrogen-bond donors (Lipinski definition) is 0. The van der Waals surface area contributed by atoms with E-state index in [-0.39, 0.29) is 17.3 Å². The number of amides is 1. The number of carbonyl (C=O) groups is 1. The second-order valence-corrected chi connectivity index (χ2v) is 7.15. The Balaban J connectivity index is 1.93. The van der Waals surface area contributed by atoms with Crippen LogP contribution < -0.4 is 0 Å². The summed E-state index contributed by atoms with van der Waals surface area (Å²) in [6, 6.07) is 3.24. The molecule has 9 heteroatoms. The molecular formula is C14H18N4O4S. The summed E-state index contributed by atoms with van der Waals surface area (Å²) in [5.74, 6) is -0.00603. The van der Waals surface area contributed by atoms with Crippen molar-refractivity contribution in [3.05, 3.63) is 35.9 Å². The summed E-state index contributed by atoms with van der Waals surface area (Å²) in [5, 5.41) is 0. The largest absolute Gasteiger partial charge is 0.463 e. The Morgan fingerprint density at radius 3 is 2.52 bits per heavy atom. The molecule has 0 atom stereocenters. The van der Waals surface area contributed by atoms with Gasteiger partial charge in [-0.2, -0.15) is 8.42 Å². The van der Waals surface area contributed by atoms with Crippen LogP contribution in [-0.4, -0.2) is 74.4 Å². The predicted octanol–water partition coefficient (Wildman–Crippen LogP) is -0.0832. The fraction of sp³-hybridized carbons (Fsp3) is 0.429. The Kier molecular flexibility index (Phi) is 3.99. The van der Waals surface area contributed by atoms with Gasteiger partial charge < -0.3 is 14.2 Å². The molecule has 1 fully saturated rings. The number of hydrogen-bond acceptors (Lipinski definition) is 5. The minimum atomic E-state index is -3.95. The third kappa shape index (κ3) is 3.02. The minimum Gasteiger partial charge on any atom is -0.463 e. The first-order chi connectivity index (χ1) is 10.9. The molecule has 0 radical (unpaired) electrons. The van der Waals surface area contributed by atoms with E-state index in [0.29, 0.717) is 18.8 Å². The van der Waals surface area contributed by atoms with Crippen LogP contribution in [0.25, 0.3) is 0 Å². The summed E-state index contributed by atoms with van der Waals surface area (Å²) in [7, 11) is -0.628. The van der Waals surface area contributed by atoms with Gasteiger partial charge in [0.25, 0.3) is 5.91 Å². The lowest BCUT2D eigenvalue weighted by Gasteiger charge is -2.34. The number of allylic oxidation sites excluding steroid dienone is 1. The number of furan rings is 1. The van der Waals surface area contributed by atoms with Crippen molar-refractivity contribution in [2.45, 2.75) is 0 Å². The maximum atomic E-state index is 12.7. The van der Waals surface area contributed by atoms with Gasteiger partial charge in [-0.25, -0.2) is 4.31 Å². The van der Waals surface area contributed by atoms with Crippen molar-refractivity contribution >= 4 is 21.8 Å². The Morgan fingerprint density at radius 2 is 1.91 bits per heavy atom. The van der Waals surface area contributed by atoms with Crippen LogP contribution >= 0.6 is 0 Å². The second kappa shape index (κ2) is 5.82. The van der Waals surface area contributed by atoms with E-state index in [1.165, 1.54) is 19.4 Å². The van der Waals surface area contributed by atoms with E-state index < -0.39 is 10.2 Å². The number of nitrogens with zero attached hydrogens (tertiary/aromatic N) is 4. The molecular weight excluding hydrogens is 320 g/mol. The molecule has 0 spiro atoms. The molecule has 1 saturated heterocycles. The van der Waals surface area contributed by atoms with Crippen molar-refractivity contribution in [2.75, 3.05) is 40.3 Å². The van der Waals surface area contributed by atoms with Gasteiger partial charge in [0.1, 0.15) is 11.4 Å². The van der Waals surface area contributed by atoms with Gasteiger partial charge in [-0.1, -0.05) is 0 Å².